The van der Waals surface area contributed by atoms with Gasteiger partial charge in [0.1, 0.15) is 11.5 Å². The Kier molecular flexibility index (Phi) is 7.02. The summed E-state index contributed by atoms with van der Waals surface area (Å²) < 4.78 is 45.0. The molecule has 36 heavy (non-hydrogen) atoms. The van der Waals surface area contributed by atoms with Crippen molar-refractivity contribution in [3.05, 3.63) is 83.3 Å². The van der Waals surface area contributed by atoms with Gasteiger partial charge in [-0.1, -0.05) is 11.6 Å². The number of aromatic nitrogens is 2. The van der Waals surface area contributed by atoms with Gasteiger partial charge in [0, 0.05) is 41.3 Å². The SMILES string of the molecule is O=C(NC1=CC=C(Cl)C(C(F)(F)F)C1)Nc1ccc(Oc2ccnc(-c3cc(C(=O)O)c[nH]3)c2)cc1. The number of nitrogens with zero attached hydrogens (tertiary/aromatic N) is 1. The fourth-order valence-electron chi connectivity index (χ4n) is 3.38. The van der Waals surface area contributed by atoms with Crippen LogP contribution in [0.4, 0.5) is 23.7 Å². The molecule has 2 amide bonds. The number of aromatic amines is 1. The predicted octanol–water partition coefficient (Wildman–Crippen LogP) is 6.28. The largest absolute Gasteiger partial charge is 0.478 e. The summed E-state index contributed by atoms with van der Waals surface area (Å²) in [4.78, 5) is 30.3. The van der Waals surface area contributed by atoms with Crippen molar-refractivity contribution in [3.8, 4) is 22.9 Å². The standard InChI is InChI=1S/C24H18ClF3N4O4/c25-19-6-3-15(10-18(19)24(26,27)28)32-23(35)31-14-1-4-16(5-2-14)36-17-7-8-29-21(11-17)20-9-13(12-30-20)22(33)34/h1-9,11-12,18,30H,10H2,(H,33,34)(H2,31,32,35). The maximum atomic E-state index is 13.1. The summed E-state index contributed by atoms with van der Waals surface area (Å²) in [5.41, 5.74) is 1.57. The van der Waals surface area contributed by atoms with Crippen LogP contribution in [0.5, 0.6) is 11.5 Å². The summed E-state index contributed by atoms with van der Waals surface area (Å²) in [7, 11) is 0. The average Bonchev–Trinajstić information content (AvgIpc) is 3.32. The molecule has 0 bridgehead atoms. The van der Waals surface area contributed by atoms with Crippen LogP contribution in [0, 0.1) is 5.92 Å². The van der Waals surface area contributed by atoms with Crippen molar-refractivity contribution in [2.45, 2.75) is 12.6 Å². The number of pyridine rings is 1. The quantitative estimate of drug-likeness (QED) is 0.306. The number of carboxylic acids is 1. The lowest BCUT2D eigenvalue weighted by Gasteiger charge is -2.24. The molecule has 4 rings (SSSR count). The Morgan fingerprint density at radius 3 is 2.50 bits per heavy atom. The Balaban J connectivity index is 1.35. The molecular weight excluding hydrogens is 501 g/mol. The number of carbonyl (C=O) groups is 2. The third kappa shape index (κ3) is 6.05. The minimum atomic E-state index is -4.51. The van der Waals surface area contributed by atoms with Gasteiger partial charge in [-0.3, -0.25) is 4.98 Å². The van der Waals surface area contributed by atoms with E-state index in [2.05, 4.69) is 20.6 Å². The molecule has 0 radical (unpaired) electrons. The highest BCUT2D eigenvalue weighted by atomic mass is 35.5. The molecule has 1 aliphatic rings. The van der Waals surface area contributed by atoms with E-state index in [1.165, 1.54) is 24.5 Å². The molecule has 1 unspecified atom stereocenters. The van der Waals surface area contributed by atoms with Crippen LogP contribution in [-0.2, 0) is 0 Å². The minimum absolute atomic E-state index is 0.0882. The minimum Gasteiger partial charge on any atom is -0.478 e. The molecular formula is C24H18ClF3N4O4. The highest BCUT2D eigenvalue weighted by Crippen LogP contribution is 2.39. The van der Waals surface area contributed by atoms with Gasteiger partial charge >= 0.3 is 18.2 Å². The van der Waals surface area contributed by atoms with E-state index in [-0.39, 0.29) is 16.3 Å². The van der Waals surface area contributed by atoms with E-state index in [1.807, 2.05) is 0 Å². The normalized spacial score (nSPS) is 15.5. The smallest absolute Gasteiger partial charge is 0.396 e. The summed E-state index contributed by atoms with van der Waals surface area (Å²) in [6, 6.07) is 10.3. The predicted molar refractivity (Wildman–Crippen MR) is 126 cm³/mol. The maximum absolute atomic E-state index is 13.1. The summed E-state index contributed by atoms with van der Waals surface area (Å²) >= 11 is 5.65. The monoisotopic (exact) mass is 518 g/mol. The lowest BCUT2D eigenvalue weighted by atomic mass is 9.97. The highest BCUT2D eigenvalue weighted by molar-refractivity contribution is 6.30. The number of hydrogen-bond donors (Lipinski definition) is 4. The molecule has 0 fully saturated rings. The van der Waals surface area contributed by atoms with Crippen molar-refractivity contribution in [3.63, 3.8) is 0 Å². The van der Waals surface area contributed by atoms with E-state index < -0.39 is 30.5 Å². The number of carboxylic acid groups (broad SMARTS) is 1. The summed E-state index contributed by atoms with van der Waals surface area (Å²) in [5, 5.41) is 13.7. The lowest BCUT2D eigenvalue weighted by molar-refractivity contribution is -0.162. The number of rotatable bonds is 6. The summed E-state index contributed by atoms with van der Waals surface area (Å²) in [6.45, 7) is 0. The number of ether oxygens (including phenoxy) is 1. The van der Waals surface area contributed by atoms with E-state index >= 15 is 0 Å². The lowest BCUT2D eigenvalue weighted by Crippen LogP contribution is -2.33. The Hall–Kier alpha value is -4.25. The van der Waals surface area contributed by atoms with Gasteiger partial charge in [0.05, 0.1) is 22.9 Å². The van der Waals surface area contributed by atoms with Gasteiger partial charge in [-0.2, -0.15) is 13.2 Å². The average molecular weight is 519 g/mol. The number of anilines is 1. The molecule has 4 N–H and O–H groups in total. The maximum Gasteiger partial charge on any atom is 0.396 e. The third-order valence-electron chi connectivity index (χ3n) is 5.16. The van der Waals surface area contributed by atoms with Crippen LogP contribution < -0.4 is 15.4 Å². The molecule has 1 atom stereocenters. The fraction of sp³-hybridized carbons (Fsp3) is 0.125. The van der Waals surface area contributed by atoms with Crippen LogP contribution in [-0.4, -0.2) is 33.3 Å². The van der Waals surface area contributed by atoms with Crippen molar-refractivity contribution < 1.29 is 32.6 Å². The number of allylic oxidation sites excluding steroid dienone is 4. The van der Waals surface area contributed by atoms with E-state index in [1.54, 1.807) is 36.4 Å². The Morgan fingerprint density at radius 1 is 1.08 bits per heavy atom. The van der Waals surface area contributed by atoms with E-state index in [9.17, 15) is 22.8 Å². The third-order valence-corrected chi connectivity index (χ3v) is 5.54. The Morgan fingerprint density at radius 2 is 1.83 bits per heavy atom. The zero-order chi connectivity index (χ0) is 25.9. The second kappa shape index (κ2) is 10.2. The van der Waals surface area contributed by atoms with Crippen molar-refractivity contribution in [2.75, 3.05) is 5.32 Å². The zero-order valence-electron chi connectivity index (χ0n) is 18.3. The molecule has 12 heteroatoms. The van der Waals surface area contributed by atoms with Gasteiger partial charge in [-0.25, -0.2) is 9.59 Å². The molecule has 0 aliphatic heterocycles. The van der Waals surface area contributed by atoms with Gasteiger partial charge in [-0.15, -0.1) is 0 Å². The number of aromatic carboxylic acids is 1. The van der Waals surface area contributed by atoms with Crippen molar-refractivity contribution in [2.24, 2.45) is 5.92 Å². The number of alkyl halides is 3. The van der Waals surface area contributed by atoms with Gasteiger partial charge < -0.3 is 25.5 Å². The van der Waals surface area contributed by atoms with Crippen LogP contribution in [0.3, 0.4) is 0 Å². The highest BCUT2D eigenvalue weighted by Gasteiger charge is 2.43. The van der Waals surface area contributed by atoms with Crippen molar-refractivity contribution >= 4 is 29.3 Å². The number of carbonyl (C=O) groups excluding carboxylic acids is 1. The van der Waals surface area contributed by atoms with E-state index in [0.29, 0.717) is 28.6 Å². The second-order valence-electron chi connectivity index (χ2n) is 7.73. The number of nitrogens with one attached hydrogen (secondary N) is 3. The molecule has 0 saturated carbocycles. The first-order valence-corrected chi connectivity index (χ1v) is 10.8. The van der Waals surface area contributed by atoms with Crippen molar-refractivity contribution in [1.82, 2.24) is 15.3 Å². The van der Waals surface area contributed by atoms with Gasteiger partial charge in [-0.05, 0) is 48.6 Å². The molecule has 1 aliphatic carbocycles. The van der Waals surface area contributed by atoms with Gasteiger partial charge in [0.2, 0.25) is 0 Å². The molecule has 1 aromatic carbocycles. The molecule has 0 spiro atoms. The Labute approximate surface area is 207 Å². The first-order valence-electron chi connectivity index (χ1n) is 10.5. The van der Waals surface area contributed by atoms with Crippen LogP contribution in [0.15, 0.2) is 77.7 Å². The van der Waals surface area contributed by atoms with E-state index in [0.717, 1.165) is 6.08 Å². The fourth-order valence-corrected chi connectivity index (χ4v) is 3.65. The van der Waals surface area contributed by atoms with Crippen LogP contribution in [0.2, 0.25) is 0 Å². The second-order valence-corrected chi connectivity index (χ2v) is 8.17. The number of urea groups is 1. The summed E-state index contributed by atoms with van der Waals surface area (Å²) in [6.07, 6.45) is 0.348. The van der Waals surface area contributed by atoms with Gasteiger partial charge in [0.15, 0.2) is 0 Å². The molecule has 0 saturated heterocycles. The van der Waals surface area contributed by atoms with Gasteiger partial charge in [0.25, 0.3) is 0 Å². The van der Waals surface area contributed by atoms with E-state index in [4.69, 9.17) is 21.4 Å². The zero-order valence-corrected chi connectivity index (χ0v) is 19.0. The molecule has 8 nitrogen and oxygen atoms in total. The number of hydrogen-bond acceptors (Lipinski definition) is 4. The Bertz CT molecular complexity index is 1350. The number of benzene rings is 1. The first-order chi connectivity index (χ1) is 17.1. The molecule has 186 valence electrons. The van der Waals surface area contributed by atoms with Crippen LogP contribution in [0.1, 0.15) is 16.8 Å². The number of halogens is 4. The molecule has 2 heterocycles. The summed E-state index contributed by atoms with van der Waals surface area (Å²) in [5.74, 6) is -2.03. The van der Waals surface area contributed by atoms with Crippen molar-refractivity contribution in [1.29, 1.82) is 0 Å². The molecule has 2 aromatic heterocycles. The molecule has 3 aromatic rings. The van der Waals surface area contributed by atoms with Crippen LogP contribution in [0.25, 0.3) is 11.4 Å². The number of H-pyrrole nitrogens is 1. The topological polar surface area (TPSA) is 116 Å². The first kappa shape index (κ1) is 24.9. The number of amides is 2. The van der Waals surface area contributed by atoms with Crippen LogP contribution >= 0.6 is 11.6 Å².